The van der Waals surface area contributed by atoms with Crippen LogP contribution in [0, 0.1) is 0 Å². The second-order valence-electron chi connectivity index (χ2n) is 4.81. The van der Waals surface area contributed by atoms with Crippen LogP contribution >= 0.6 is 0 Å². The minimum Gasteiger partial charge on any atom is -0.465 e. The molecule has 1 heterocycles. The number of nitrogens with two attached hydrogens (primary N) is 1. The summed E-state index contributed by atoms with van der Waals surface area (Å²) in [5, 5.41) is 0. The number of rotatable bonds is 3. The third kappa shape index (κ3) is 3.47. The van der Waals surface area contributed by atoms with Crippen LogP contribution in [0.2, 0.25) is 0 Å². The van der Waals surface area contributed by atoms with Gasteiger partial charge in [-0.1, -0.05) is 24.3 Å². The van der Waals surface area contributed by atoms with Gasteiger partial charge >= 0.3 is 5.97 Å². The van der Waals surface area contributed by atoms with Crippen LogP contribution in [-0.2, 0) is 11.2 Å². The van der Waals surface area contributed by atoms with Crippen molar-refractivity contribution in [2.45, 2.75) is 25.7 Å². The summed E-state index contributed by atoms with van der Waals surface area (Å²) >= 11 is 0. The fraction of sp³-hybridized carbons (Fsp3) is 0.375. The maximum absolute atomic E-state index is 11.7. The Labute approximate surface area is 119 Å². The number of nitrogens with zero attached hydrogens (tertiary/aromatic N) is 1. The second-order valence-corrected chi connectivity index (χ2v) is 4.81. The Morgan fingerprint density at radius 3 is 3.00 bits per heavy atom. The number of methoxy groups -OCH3 is 1. The monoisotopic (exact) mass is 272 g/mol. The average molecular weight is 272 g/mol. The molecule has 4 heteroatoms. The lowest BCUT2D eigenvalue weighted by Crippen LogP contribution is -2.14. The second kappa shape index (κ2) is 6.89. The Balaban J connectivity index is 2.20. The Kier molecular flexibility index (Phi) is 4.93. The molecule has 0 atom stereocenters. The van der Waals surface area contributed by atoms with E-state index in [1.54, 1.807) is 6.07 Å². The Bertz CT molecular complexity index is 547. The molecule has 1 aliphatic rings. The van der Waals surface area contributed by atoms with Crippen LogP contribution in [0.3, 0.4) is 0 Å². The third-order valence-electron chi connectivity index (χ3n) is 3.46. The van der Waals surface area contributed by atoms with Crippen molar-refractivity contribution in [3.05, 3.63) is 47.0 Å². The molecule has 106 valence electrons. The van der Waals surface area contributed by atoms with Crippen LogP contribution in [0.1, 0.15) is 35.2 Å². The predicted molar refractivity (Wildman–Crippen MR) is 79.9 cm³/mol. The van der Waals surface area contributed by atoms with Crippen molar-refractivity contribution < 1.29 is 9.53 Å². The first-order chi connectivity index (χ1) is 9.72. The number of allylic oxidation sites excluding steroid dienone is 1. The molecule has 4 nitrogen and oxygen atoms in total. The molecule has 0 saturated carbocycles. The highest BCUT2D eigenvalue weighted by molar-refractivity contribution is 5.97. The zero-order valence-electron chi connectivity index (χ0n) is 11.8. The summed E-state index contributed by atoms with van der Waals surface area (Å²) in [7, 11) is 1.40. The maximum atomic E-state index is 11.7. The molecule has 0 amide bonds. The molecule has 2 rings (SSSR count). The fourth-order valence-electron chi connectivity index (χ4n) is 2.30. The molecule has 2 N–H and O–H groups in total. The van der Waals surface area contributed by atoms with E-state index in [4.69, 9.17) is 10.5 Å². The van der Waals surface area contributed by atoms with E-state index in [0.29, 0.717) is 17.8 Å². The van der Waals surface area contributed by atoms with Crippen molar-refractivity contribution in [2.24, 2.45) is 10.7 Å². The minimum absolute atomic E-state index is 0.304. The number of ether oxygens (including phenoxy) is 1. The molecule has 0 saturated heterocycles. The minimum atomic E-state index is -0.304. The van der Waals surface area contributed by atoms with Gasteiger partial charge in [-0.15, -0.1) is 0 Å². The Hall–Kier alpha value is -2.10. The Morgan fingerprint density at radius 2 is 2.20 bits per heavy atom. The number of esters is 1. The lowest BCUT2D eigenvalue weighted by atomic mass is 10.0. The summed E-state index contributed by atoms with van der Waals surface area (Å²) in [5.41, 5.74) is 8.60. The van der Waals surface area contributed by atoms with Crippen molar-refractivity contribution in [2.75, 3.05) is 13.7 Å². The zero-order valence-corrected chi connectivity index (χ0v) is 11.8. The van der Waals surface area contributed by atoms with Crippen LogP contribution in [0.5, 0.6) is 0 Å². The summed E-state index contributed by atoms with van der Waals surface area (Å²) in [5.74, 6) is 0.333. The van der Waals surface area contributed by atoms with Gasteiger partial charge in [-0.25, -0.2) is 4.79 Å². The van der Waals surface area contributed by atoms with E-state index >= 15 is 0 Å². The Morgan fingerprint density at radius 1 is 1.40 bits per heavy atom. The van der Waals surface area contributed by atoms with Gasteiger partial charge in [-0.05, 0) is 42.9 Å². The van der Waals surface area contributed by atoms with Crippen molar-refractivity contribution in [1.29, 1.82) is 0 Å². The molecular formula is C16H20N2O2. The van der Waals surface area contributed by atoms with Crippen molar-refractivity contribution in [3.63, 3.8) is 0 Å². The highest BCUT2D eigenvalue weighted by Crippen LogP contribution is 2.16. The summed E-state index contributed by atoms with van der Waals surface area (Å²) in [6.45, 7) is 0.807. The van der Waals surface area contributed by atoms with E-state index in [0.717, 1.165) is 36.9 Å². The highest BCUT2D eigenvalue weighted by atomic mass is 16.5. The molecule has 0 unspecified atom stereocenters. The topological polar surface area (TPSA) is 64.7 Å². The molecule has 20 heavy (non-hydrogen) atoms. The summed E-state index contributed by atoms with van der Waals surface area (Å²) < 4.78 is 4.80. The molecule has 1 aromatic rings. The van der Waals surface area contributed by atoms with Crippen LogP contribution in [-0.4, -0.2) is 25.5 Å². The first-order valence-electron chi connectivity index (χ1n) is 6.88. The quantitative estimate of drug-likeness (QED) is 0.860. The van der Waals surface area contributed by atoms with Gasteiger partial charge in [-0.2, -0.15) is 0 Å². The van der Waals surface area contributed by atoms with Gasteiger partial charge in [0.25, 0.3) is 0 Å². The number of amidine groups is 1. The van der Waals surface area contributed by atoms with Crippen LogP contribution in [0.15, 0.2) is 40.9 Å². The molecule has 1 aliphatic heterocycles. The number of aliphatic imine (C=N–C) groups is 1. The predicted octanol–water partition coefficient (Wildman–Crippen LogP) is 2.48. The zero-order chi connectivity index (χ0) is 14.4. The van der Waals surface area contributed by atoms with Crippen molar-refractivity contribution in [3.8, 4) is 0 Å². The number of carbonyl (C=O) groups is 1. The molecular weight excluding hydrogens is 252 g/mol. The molecule has 0 aliphatic carbocycles. The van der Waals surface area contributed by atoms with Gasteiger partial charge in [0.05, 0.1) is 12.7 Å². The molecule has 0 spiro atoms. The number of hydrogen-bond acceptors (Lipinski definition) is 4. The smallest absolute Gasteiger partial charge is 0.338 e. The number of carbonyl (C=O) groups excluding carboxylic acids is 1. The van der Waals surface area contributed by atoms with Crippen LogP contribution in [0.25, 0.3) is 0 Å². The van der Waals surface area contributed by atoms with Gasteiger partial charge in [0.1, 0.15) is 5.84 Å². The average Bonchev–Trinajstić information content (AvgIpc) is 2.69. The lowest BCUT2D eigenvalue weighted by Gasteiger charge is -2.07. The third-order valence-corrected chi connectivity index (χ3v) is 3.46. The van der Waals surface area contributed by atoms with Gasteiger partial charge in [0.15, 0.2) is 0 Å². The normalized spacial score (nSPS) is 17.4. The molecule has 0 fully saturated rings. The van der Waals surface area contributed by atoms with E-state index in [9.17, 15) is 4.79 Å². The first-order valence-corrected chi connectivity index (χ1v) is 6.88. The van der Waals surface area contributed by atoms with E-state index in [1.807, 2.05) is 18.2 Å². The summed E-state index contributed by atoms with van der Waals surface area (Å²) in [4.78, 5) is 16.0. The maximum Gasteiger partial charge on any atom is 0.338 e. The number of benzene rings is 1. The summed E-state index contributed by atoms with van der Waals surface area (Å²) in [6, 6.07) is 7.48. The van der Waals surface area contributed by atoms with Crippen LogP contribution in [0.4, 0.5) is 0 Å². The fourth-order valence-corrected chi connectivity index (χ4v) is 2.30. The molecule has 0 aromatic heterocycles. The molecule has 0 bridgehead atoms. The first kappa shape index (κ1) is 14.3. The van der Waals surface area contributed by atoms with E-state index in [1.165, 1.54) is 7.11 Å². The molecule has 1 aromatic carbocycles. The van der Waals surface area contributed by atoms with Crippen molar-refractivity contribution >= 4 is 11.8 Å². The summed E-state index contributed by atoms with van der Waals surface area (Å²) in [6.07, 6.45) is 5.88. The lowest BCUT2D eigenvalue weighted by molar-refractivity contribution is 0.0599. The SMILES string of the molecule is COC(=O)c1ccccc1CC=C1CCCCN=C1N. The van der Waals surface area contributed by atoms with Crippen LogP contribution < -0.4 is 5.73 Å². The highest BCUT2D eigenvalue weighted by Gasteiger charge is 2.11. The largest absolute Gasteiger partial charge is 0.465 e. The van der Waals surface area contributed by atoms with Gasteiger partial charge < -0.3 is 10.5 Å². The van der Waals surface area contributed by atoms with E-state index in [-0.39, 0.29) is 5.97 Å². The van der Waals surface area contributed by atoms with Gasteiger partial charge in [0, 0.05) is 6.54 Å². The molecule has 0 radical (unpaired) electrons. The van der Waals surface area contributed by atoms with E-state index in [2.05, 4.69) is 11.1 Å². The number of hydrogen-bond donors (Lipinski definition) is 1. The van der Waals surface area contributed by atoms with E-state index < -0.39 is 0 Å². The van der Waals surface area contributed by atoms with Gasteiger partial charge in [-0.3, -0.25) is 4.99 Å². The van der Waals surface area contributed by atoms with Gasteiger partial charge in [0.2, 0.25) is 0 Å². The standard InChI is InChI=1S/C16H20N2O2/c1-20-16(19)14-8-3-2-6-12(14)9-10-13-7-4-5-11-18-15(13)17/h2-3,6,8,10H,4-5,7,9,11H2,1H3,(H2,17,18). The van der Waals surface area contributed by atoms with Crippen molar-refractivity contribution in [1.82, 2.24) is 0 Å².